The van der Waals surface area contributed by atoms with Gasteiger partial charge in [-0.05, 0) is 53.9 Å². The summed E-state index contributed by atoms with van der Waals surface area (Å²) in [4.78, 5) is 15.4. The summed E-state index contributed by atoms with van der Waals surface area (Å²) in [5, 5.41) is 7.22. The maximum atomic E-state index is 5.20. The molecule has 0 unspecified atom stereocenters. The first-order valence-electron chi connectivity index (χ1n) is 16.0. The van der Waals surface area contributed by atoms with Crippen molar-refractivity contribution >= 4 is 64.1 Å². The zero-order chi connectivity index (χ0) is 31.6. The summed E-state index contributed by atoms with van der Waals surface area (Å²) in [5.74, 6) is 1.95. The van der Waals surface area contributed by atoms with Crippen LogP contribution in [0.25, 0.3) is 92.6 Å². The largest absolute Gasteiger partial charge is 0.309 e. The van der Waals surface area contributed by atoms with Gasteiger partial charge in [-0.25, -0.2) is 15.0 Å². The fraction of sp³-hybridized carbons (Fsp3) is 0. The Hall–Kier alpha value is -6.17. The number of nitrogens with zero attached hydrogens (tertiary/aromatic N) is 4. The fourth-order valence-electron chi connectivity index (χ4n) is 7.00. The smallest absolute Gasteiger partial charge is 0.164 e. The van der Waals surface area contributed by atoms with Gasteiger partial charge in [-0.15, -0.1) is 11.3 Å². The predicted molar refractivity (Wildman–Crippen MR) is 201 cm³/mol. The van der Waals surface area contributed by atoms with Crippen molar-refractivity contribution in [3.63, 3.8) is 0 Å². The summed E-state index contributed by atoms with van der Waals surface area (Å²) >= 11 is 1.81. The number of rotatable bonds is 4. The molecule has 48 heavy (non-hydrogen) atoms. The Kier molecular flexibility index (Phi) is 6.01. The van der Waals surface area contributed by atoms with Crippen molar-refractivity contribution in [2.24, 2.45) is 0 Å². The molecule has 0 fully saturated rings. The molecule has 0 bridgehead atoms. The van der Waals surface area contributed by atoms with E-state index in [9.17, 15) is 0 Å². The Labute approximate surface area is 280 Å². The van der Waals surface area contributed by atoms with Gasteiger partial charge in [0, 0.05) is 53.0 Å². The van der Waals surface area contributed by atoms with Crippen LogP contribution < -0.4 is 0 Å². The third-order valence-electron chi connectivity index (χ3n) is 9.22. The molecule has 0 spiro atoms. The average molecular weight is 631 g/mol. The third-order valence-corrected chi connectivity index (χ3v) is 10.4. The highest BCUT2D eigenvalue weighted by atomic mass is 32.1. The fourth-order valence-corrected chi connectivity index (χ4v) is 8.09. The Morgan fingerprint density at radius 1 is 0.375 bits per heavy atom. The quantitative estimate of drug-likeness (QED) is 0.194. The van der Waals surface area contributed by atoms with Crippen molar-refractivity contribution in [1.82, 2.24) is 19.5 Å². The van der Waals surface area contributed by atoms with Gasteiger partial charge in [0.15, 0.2) is 17.5 Å². The van der Waals surface area contributed by atoms with Crippen molar-refractivity contribution in [3.8, 4) is 39.9 Å². The zero-order valence-corrected chi connectivity index (χ0v) is 26.5. The highest BCUT2D eigenvalue weighted by Gasteiger charge is 2.18. The zero-order valence-electron chi connectivity index (χ0n) is 25.7. The van der Waals surface area contributed by atoms with E-state index in [1.807, 2.05) is 29.5 Å². The minimum atomic E-state index is 0.641. The molecule has 0 amide bonds. The standard InChI is InChI=1S/C43H26N4S/c1-2-12-27(13-3-1)41-44-42(29-22-23-40-35(25-29)34-18-8-11-21-39(34)48-40)46-43(45-41)30-24-28-14-4-5-15-31(28)38(26-30)47-36-19-9-6-16-32(36)33-17-7-10-20-37(33)47/h1-26H. The molecule has 4 nitrogen and oxygen atoms in total. The van der Waals surface area contributed by atoms with Crippen molar-refractivity contribution in [2.45, 2.75) is 0 Å². The van der Waals surface area contributed by atoms with Gasteiger partial charge in [0.2, 0.25) is 0 Å². The lowest BCUT2D eigenvalue weighted by Crippen LogP contribution is -2.02. The second-order valence-electron chi connectivity index (χ2n) is 12.1. The first-order chi connectivity index (χ1) is 23.8. The molecule has 10 aromatic rings. The molecular formula is C43H26N4S. The monoisotopic (exact) mass is 630 g/mol. The molecule has 10 rings (SSSR count). The van der Waals surface area contributed by atoms with Gasteiger partial charge in [-0.2, -0.15) is 0 Å². The predicted octanol–water partition coefficient (Wildman–Crippen LogP) is 11.5. The number of hydrogen-bond acceptors (Lipinski definition) is 4. The van der Waals surface area contributed by atoms with Crippen LogP contribution in [0.5, 0.6) is 0 Å². The lowest BCUT2D eigenvalue weighted by molar-refractivity contribution is 1.07. The van der Waals surface area contributed by atoms with E-state index in [1.54, 1.807) is 0 Å². The summed E-state index contributed by atoms with van der Waals surface area (Å²) in [6.45, 7) is 0. The van der Waals surface area contributed by atoms with E-state index in [0.717, 1.165) is 27.8 Å². The number of fused-ring (bicyclic) bond motifs is 7. The molecule has 0 radical (unpaired) electrons. The number of thiophene rings is 1. The van der Waals surface area contributed by atoms with E-state index >= 15 is 0 Å². The molecule has 0 aliphatic carbocycles. The molecule has 0 saturated carbocycles. The van der Waals surface area contributed by atoms with Crippen LogP contribution in [0.4, 0.5) is 0 Å². The first-order valence-corrected chi connectivity index (χ1v) is 16.9. The van der Waals surface area contributed by atoms with Gasteiger partial charge in [0.05, 0.1) is 16.7 Å². The highest BCUT2D eigenvalue weighted by molar-refractivity contribution is 7.25. The second-order valence-corrected chi connectivity index (χ2v) is 13.2. The molecule has 7 aromatic carbocycles. The van der Waals surface area contributed by atoms with Gasteiger partial charge < -0.3 is 4.57 Å². The van der Waals surface area contributed by atoms with Gasteiger partial charge in [-0.1, -0.05) is 109 Å². The van der Waals surface area contributed by atoms with Crippen LogP contribution >= 0.6 is 11.3 Å². The SMILES string of the molecule is c1ccc(-c2nc(-c3cc(-n4c5ccccc5c5ccccc54)c4ccccc4c3)nc(-c3ccc4sc5ccccc5c4c3)n2)cc1. The van der Waals surface area contributed by atoms with E-state index in [2.05, 4.69) is 144 Å². The summed E-state index contributed by atoms with van der Waals surface area (Å²) in [5.41, 5.74) is 6.28. The van der Waals surface area contributed by atoms with Crippen molar-refractivity contribution in [3.05, 3.63) is 158 Å². The topological polar surface area (TPSA) is 43.6 Å². The minimum Gasteiger partial charge on any atom is -0.309 e. The number of aromatic nitrogens is 4. The van der Waals surface area contributed by atoms with E-state index in [1.165, 1.54) is 47.4 Å². The van der Waals surface area contributed by atoms with Crippen LogP contribution in [0.2, 0.25) is 0 Å². The molecule has 5 heteroatoms. The summed E-state index contributed by atoms with van der Waals surface area (Å²) in [6, 6.07) is 55.6. The summed E-state index contributed by atoms with van der Waals surface area (Å²) in [6.07, 6.45) is 0. The van der Waals surface area contributed by atoms with Crippen LogP contribution in [0.1, 0.15) is 0 Å². The van der Waals surface area contributed by atoms with E-state index in [0.29, 0.717) is 17.5 Å². The molecule has 0 aliphatic rings. The Morgan fingerprint density at radius 2 is 0.938 bits per heavy atom. The number of benzene rings is 7. The normalized spacial score (nSPS) is 11.8. The van der Waals surface area contributed by atoms with E-state index in [-0.39, 0.29) is 0 Å². The summed E-state index contributed by atoms with van der Waals surface area (Å²) in [7, 11) is 0. The van der Waals surface area contributed by atoms with Crippen molar-refractivity contribution in [2.75, 3.05) is 0 Å². The average Bonchev–Trinajstić information content (AvgIpc) is 3.70. The second kappa shape index (κ2) is 10.7. The lowest BCUT2D eigenvalue weighted by atomic mass is 10.0. The third kappa shape index (κ3) is 4.25. The highest BCUT2D eigenvalue weighted by Crippen LogP contribution is 2.39. The van der Waals surface area contributed by atoms with Crippen LogP contribution in [0.3, 0.4) is 0 Å². The van der Waals surface area contributed by atoms with Gasteiger partial charge >= 0.3 is 0 Å². The van der Waals surface area contributed by atoms with E-state index < -0.39 is 0 Å². The molecule has 0 aliphatic heterocycles. The Balaban J connectivity index is 1.24. The summed E-state index contributed by atoms with van der Waals surface area (Å²) < 4.78 is 4.91. The van der Waals surface area contributed by atoms with Crippen molar-refractivity contribution < 1.29 is 0 Å². The Morgan fingerprint density at radius 3 is 1.69 bits per heavy atom. The van der Waals surface area contributed by atoms with Gasteiger partial charge in [0.25, 0.3) is 0 Å². The molecule has 0 saturated heterocycles. The Bertz CT molecular complexity index is 2800. The first kappa shape index (κ1) is 27.0. The minimum absolute atomic E-state index is 0.641. The molecule has 3 aromatic heterocycles. The van der Waals surface area contributed by atoms with Crippen LogP contribution in [0, 0.1) is 0 Å². The number of para-hydroxylation sites is 2. The molecule has 3 heterocycles. The maximum absolute atomic E-state index is 5.20. The van der Waals surface area contributed by atoms with Gasteiger partial charge in [0.1, 0.15) is 0 Å². The van der Waals surface area contributed by atoms with E-state index in [4.69, 9.17) is 15.0 Å². The van der Waals surface area contributed by atoms with Gasteiger partial charge in [-0.3, -0.25) is 0 Å². The van der Waals surface area contributed by atoms with Crippen LogP contribution in [-0.2, 0) is 0 Å². The molecule has 0 N–H and O–H groups in total. The maximum Gasteiger partial charge on any atom is 0.164 e. The molecule has 0 atom stereocenters. The van der Waals surface area contributed by atoms with Crippen LogP contribution in [-0.4, -0.2) is 19.5 Å². The lowest BCUT2D eigenvalue weighted by Gasteiger charge is -2.15. The van der Waals surface area contributed by atoms with Crippen molar-refractivity contribution in [1.29, 1.82) is 0 Å². The molecule has 224 valence electrons. The molecular weight excluding hydrogens is 605 g/mol. The van der Waals surface area contributed by atoms with Crippen LogP contribution in [0.15, 0.2) is 158 Å². The number of hydrogen-bond donors (Lipinski definition) is 0.